The molecule has 1 aliphatic rings. The maximum absolute atomic E-state index is 13.1. The normalized spacial score (nSPS) is 13.8. The van der Waals surface area contributed by atoms with Crippen molar-refractivity contribution in [1.82, 2.24) is 14.9 Å². The van der Waals surface area contributed by atoms with Gasteiger partial charge in [0.25, 0.3) is 5.56 Å². The minimum absolute atomic E-state index is 0.133. The standard InChI is InChI=1S/C23H28ClN3O3/c1-16-20(11-13-28)23(30)27(22(26-16)18-8-5-9-19(24)14-18)15-21(29)25-12-10-17-6-3-2-4-7-17/h5-6,8-9,14,28H,2-4,7,10-13,15H2,1H3,(H,25,29). The highest BCUT2D eigenvalue weighted by Gasteiger charge is 2.18. The number of halogens is 1. The zero-order chi connectivity index (χ0) is 21.5. The first-order valence-corrected chi connectivity index (χ1v) is 10.8. The lowest BCUT2D eigenvalue weighted by Gasteiger charge is -2.16. The molecule has 1 aromatic carbocycles. The third kappa shape index (κ3) is 5.58. The van der Waals surface area contributed by atoms with E-state index in [1.807, 2.05) is 6.07 Å². The Bertz CT molecular complexity index is 998. The second kappa shape index (κ2) is 10.5. The van der Waals surface area contributed by atoms with Crippen LogP contribution in [0.2, 0.25) is 5.02 Å². The number of aromatic nitrogens is 2. The van der Waals surface area contributed by atoms with E-state index in [0.717, 1.165) is 19.3 Å². The van der Waals surface area contributed by atoms with E-state index in [2.05, 4.69) is 16.4 Å². The molecule has 1 heterocycles. The number of aryl methyl sites for hydroxylation is 1. The number of benzene rings is 1. The lowest BCUT2D eigenvalue weighted by molar-refractivity contribution is -0.121. The van der Waals surface area contributed by atoms with Gasteiger partial charge in [0.1, 0.15) is 12.4 Å². The fourth-order valence-corrected chi connectivity index (χ4v) is 3.98. The quantitative estimate of drug-likeness (QED) is 0.630. The van der Waals surface area contributed by atoms with Gasteiger partial charge in [0, 0.05) is 41.4 Å². The third-order valence-corrected chi connectivity index (χ3v) is 5.60. The third-order valence-electron chi connectivity index (χ3n) is 5.37. The van der Waals surface area contributed by atoms with E-state index >= 15 is 0 Å². The van der Waals surface area contributed by atoms with Gasteiger partial charge in [-0.05, 0) is 51.2 Å². The maximum Gasteiger partial charge on any atom is 0.257 e. The van der Waals surface area contributed by atoms with Crippen molar-refractivity contribution in [3.8, 4) is 11.4 Å². The number of allylic oxidation sites excluding steroid dienone is 1. The molecule has 0 radical (unpaired) electrons. The molecule has 0 atom stereocenters. The summed E-state index contributed by atoms with van der Waals surface area (Å²) < 4.78 is 1.37. The lowest BCUT2D eigenvalue weighted by Crippen LogP contribution is -2.36. The van der Waals surface area contributed by atoms with Crippen LogP contribution in [0.15, 0.2) is 40.7 Å². The van der Waals surface area contributed by atoms with E-state index in [1.54, 1.807) is 25.1 Å². The summed E-state index contributed by atoms with van der Waals surface area (Å²) in [4.78, 5) is 30.3. The minimum Gasteiger partial charge on any atom is -0.396 e. The molecule has 2 N–H and O–H groups in total. The van der Waals surface area contributed by atoms with E-state index in [0.29, 0.717) is 34.2 Å². The minimum atomic E-state index is -0.309. The van der Waals surface area contributed by atoms with E-state index < -0.39 is 0 Å². The zero-order valence-electron chi connectivity index (χ0n) is 17.3. The van der Waals surface area contributed by atoms with Crippen molar-refractivity contribution >= 4 is 17.5 Å². The van der Waals surface area contributed by atoms with Crippen molar-refractivity contribution in [2.24, 2.45) is 0 Å². The Hall–Kier alpha value is -2.44. The highest BCUT2D eigenvalue weighted by molar-refractivity contribution is 6.30. The fourth-order valence-electron chi connectivity index (χ4n) is 3.79. The van der Waals surface area contributed by atoms with Crippen LogP contribution >= 0.6 is 11.6 Å². The molecule has 1 aromatic heterocycles. The Morgan fingerprint density at radius 2 is 2.13 bits per heavy atom. The molecule has 2 aromatic rings. The highest BCUT2D eigenvalue weighted by Crippen LogP contribution is 2.22. The predicted molar refractivity (Wildman–Crippen MR) is 119 cm³/mol. The molecule has 0 saturated heterocycles. The average Bonchev–Trinajstić information content (AvgIpc) is 2.74. The van der Waals surface area contributed by atoms with Crippen molar-refractivity contribution in [2.45, 2.75) is 52.0 Å². The van der Waals surface area contributed by atoms with Gasteiger partial charge in [-0.15, -0.1) is 0 Å². The number of nitrogens with one attached hydrogen (secondary N) is 1. The summed E-state index contributed by atoms with van der Waals surface area (Å²) in [5.41, 5.74) is 2.71. The zero-order valence-corrected chi connectivity index (χ0v) is 18.0. The summed E-state index contributed by atoms with van der Waals surface area (Å²) in [6.07, 6.45) is 7.96. The molecule has 1 aliphatic carbocycles. The van der Waals surface area contributed by atoms with Crippen LogP contribution in [0.4, 0.5) is 0 Å². The van der Waals surface area contributed by atoms with Crippen LogP contribution in [0.5, 0.6) is 0 Å². The van der Waals surface area contributed by atoms with Gasteiger partial charge in [0.05, 0.1) is 0 Å². The number of carbonyl (C=O) groups excluding carboxylic acids is 1. The van der Waals surface area contributed by atoms with Crippen LogP contribution in [0.1, 0.15) is 43.4 Å². The van der Waals surface area contributed by atoms with Crippen molar-refractivity contribution < 1.29 is 9.90 Å². The van der Waals surface area contributed by atoms with Gasteiger partial charge in [-0.2, -0.15) is 0 Å². The summed E-state index contributed by atoms with van der Waals surface area (Å²) in [5.74, 6) is 0.157. The van der Waals surface area contributed by atoms with Crippen LogP contribution < -0.4 is 10.9 Å². The number of hydrogen-bond donors (Lipinski definition) is 2. The number of aliphatic hydroxyl groups excluding tert-OH is 1. The number of nitrogens with zero attached hydrogens (tertiary/aromatic N) is 2. The van der Waals surface area contributed by atoms with E-state index in [1.165, 1.54) is 23.0 Å². The van der Waals surface area contributed by atoms with Crippen LogP contribution in [-0.2, 0) is 17.8 Å². The second-order valence-electron chi connectivity index (χ2n) is 7.58. The van der Waals surface area contributed by atoms with Crippen LogP contribution in [0.3, 0.4) is 0 Å². The van der Waals surface area contributed by atoms with Gasteiger partial charge < -0.3 is 10.4 Å². The van der Waals surface area contributed by atoms with Crippen molar-refractivity contribution in [3.05, 3.63) is 62.5 Å². The molecule has 30 heavy (non-hydrogen) atoms. The second-order valence-corrected chi connectivity index (χ2v) is 8.02. The average molecular weight is 430 g/mol. The monoisotopic (exact) mass is 429 g/mol. The Morgan fingerprint density at radius 1 is 1.30 bits per heavy atom. The van der Waals surface area contributed by atoms with Gasteiger partial charge in [-0.1, -0.05) is 35.4 Å². The highest BCUT2D eigenvalue weighted by atomic mass is 35.5. The molecule has 0 fully saturated rings. The molecule has 160 valence electrons. The largest absolute Gasteiger partial charge is 0.396 e. The fraction of sp³-hybridized carbons (Fsp3) is 0.435. The Kier molecular flexibility index (Phi) is 7.82. The van der Waals surface area contributed by atoms with Gasteiger partial charge in [-0.3, -0.25) is 14.2 Å². The van der Waals surface area contributed by atoms with Gasteiger partial charge in [-0.25, -0.2) is 4.98 Å². The molecule has 0 unspecified atom stereocenters. The summed E-state index contributed by atoms with van der Waals surface area (Å²) in [5, 5.41) is 12.8. The Labute approximate surface area is 181 Å². The van der Waals surface area contributed by atoms with Gasteiger partial charge >= 0.3 is 0 Å². The Balaban J connectivity index is 1.83. The number of hydrogen-bond acceptors (Lipinski definition) is 4. The number of aliphatic hydroxyl groups is 1. The smallest absolute Gasteiger partial charge is 0.257 e. The first-order valence-electron chi connectivity index (χ1n) is 10.4. The number of amides is 1. The van der Waals surface area contributed by atoms with Crippen molar-refractivity contribution in [2.75, 3.05) is 13.2 Å². The molecule has 0 aliphatic heterocycles. The molecule has 0 saturated carbocycles. The topological polar surface area (TPSA) is 84.2 Å². The van der Waals surface area contributed by atoms with Crippen LogP contribution in [0, 0.1) is 6.92 Å². The first-order chi connectivity index (χ1) is 14.5. The molecule has 3 rings (SSSR count). The number of carbonyl (C=O) groups is 1. The van der Waals surface area contributed by atoms with E-state index in [4.69, 9.17) is 11.6 Å². The molecule has 0 spiro atoms. The summed E-state index contributed by atoms with van der Waals surface area (Å²) in [7, 11) is 0. The number of rotatable bonds is 8. The van der Waals surface area contributed by atoms with Crippen molar-refractivity contribution in [3.63, 3.8) is 0 Å². The van der Waals surface area contributed by atoms with Gasteiger partial charge in [0.15, 0.2) is 0 Å². The molecule has 1 amide bonds. The summed E-state index contributed by atoms with van der Waals surface area (Å²) in [6, 6.07) is 7.05. The SMILES string of the molecule is Cc1nc(-c2cccc(Cl)c2)n(CC(=O)NCCC2=CCCCC2)c(=O)c1CCO. The molecule has 6 nitrogen and oxygen atoms in total. The molecular formula is C23H28ClN3O3. The molecular weight excluding hydrogens is 402 g/mol. The van der Waals surface area contributed by atoms with E-state index in [-0.39, 0.29) is 31.0 Å². The summed E-state index contributed by atoms with van der Waals surface area (Å²) in [6.45, 7) is 2.00. The van der Waals surface area contributed by atoms with E-state index in [9.17, 15) is 14.7 Å². The predicted octanol–water partition coefficient (Wildman–Crippen LogP) is 3.41. The van der Waals surface area contributed by atoms with Crippen LogP contribution in [-0.4, -0.2) is 33.7 Å². The van der Waals surface area contributed by atoms with Gasteiger partial charge in [0.2, 0.25) is 5.91 Å². The Morgan fingerprint density at radius 3 is 2.83 bits per heavy atom. The lowest BCUT2D eigenvalue weighted by atomic mass is 9.97. The molecule has 7 heteroatoms. The van der Waals surface area contributed by atoms with Crippen molar-refractivity contribution in [1.29, 1.82) is 0 Å². The first kappa shape index (κ1) is 22.2. The summed E-state index contributed by atoms with van der Waals surface area (Å²) >= 11 is 6.12. The van der Waals surface area contributed by atoms with Crippen LogP contribution in [0.25, 0.3) is 11.4 Å². The maximum atomic E-state index is 13.1. The molecule has 0 bridgehead atoms.